The largest absolute Gasteiger partial charge is 0.493 e. The van der Waals surface area contributed by atoms with E-state index in [1.807, 2.05) is 6.07 Å². The van der Waals surface area contributed by atoms with Gasteiger partial charge in [0.05, 0.1) is 7.11 Å². The molecule has 1 atom stereocenters. The van der Waals surface area contributed by atoms with Gasteiger partial charge in [0.15, 0.2) is 11.5 Å². The first-order chi connectivity index (χ1) is 10.8. The monoisotopic (exact) mass is 434 g/mol. The maximum absolute atomic E-state index is 5.60. The third-order valence-corrected chi connectivity index (χ3v) is 5.70. The van der Waals surface area contributed by atoms with Gasteiger partial charge < -0.3 is 19.5 Å². The van der Waals surface area contributed by atoms with E-state index in [-0.39, 0.29) is 0 Å². The minimum atomic E-state index is 0.409. The summed E-state index contributed by atoms with van der Waals surface area (Å²) in [6, 6.07) is 6.28. The van der Waals surface area contributed by atoms with Crippen LogP contribution in [0.15, 0.2) is 18.2 Å². The van der Waals surface area contributed by atoms with Crippen LogP contribution >= 0.6 is 28.5 Å². The number of hydrogen-bond donors (Lipinski definition) is 1. The fourth-order valence-corrected chi connectivity index (χ4v) is 4.46. The minimum Gasteiger partial charge on any atom is -0.493 e. The third-order valence-electron chi connectivity index (χ3n) is 4.74. The Kier molecular flexibility index (Phi) is 6.05. The van der Waals surface area contributed by atoms with Crippen LogP contribution < -0.4 is 19.5 Å². The van der Waals surface area contributed by atoms with Crippen LogP contribution in [0.25, 0.3) is 0 Å². The lowest BCUT2D eigenvalue weighted by atomic mass is 9.84. The summed E-state index contributed by atoms with van der Waals surface area (Å²) in [7, 11) is 1.71. The second-order valence-corrected chi connectivity index (χ2v) is 7.89. The number of anilines is 1. The Labute approximate surface area is 147 Å². The van der Waals surface area contributed by atoms with Crippen molar-refractivity contribution in [2.24, 2.45) is 11.8 Å². The summed E-state index contributed by atoms with van der Waals surface area (Å²) in [5, 5.41) is 3.45. The minimum absolute atomic E-state index is 0.409. The van der Waals surface area contributed by atoms with E-state index in [2.05, 4.69) is 44.4 Å². The van der Waals surface area contributed by atoms with E-state index in [0.29, 0.717) is 6.45 Å². The number of nitrogens with zero attached hydrogens (tertiary/aromatic N) is 1. The first-order valence-electron chi connectivity index (χ1n) is 7.96. The number of hydrogen-bond acceptors (Lipinski definition) is 4. The second-order valence-electron chi connectivity index (χ2n) is 6.21. The van der Waals surface area contributed by atoms with Crippen molar-refractivity contribution in [3.63, 3.8) is 0 Å². The zero-order valence-electron chi connectivity index (χ0n) is 13.0. The highest BCUT2D eigenvalue weighted by Gasteiger charge is 2.30. The summed E-state index contributed by atoms with van der Waals surface area (Å²) in [6.07, 6.45) is 4.10. The van der Waals surface area contributed by atoms with Crippen LogP contribution in [0, 0.1) is 11.8 Å². The van der Waals surface area contributed by atoms with E-state index in [1.165, 1.54) is 51.1 Å². The van der Waals surface area contributed by atoms with Crippen LogP contribution in [0.1, 0.15) is 19.3 Å². The Morgan fingerprint density at radius 3 is 2.68 bits per heavy atom. The van der Waals surface area contributed by atoms with Crippen LogP contribution in [0.2, 0.25) is 0 Å². The summed E-state index contributed by atoms with van der Waals surface area (Å²) in [5.74, 6) is 3.47. The molecule has 2 aliphatic heterocycles. The lowest BCUT2D eigenvalue weighted by Crippen LogP contribution is -2.48. The molecule has 3 rings (SSSR count). The van der Waals surface area contributed by atoms with Crippen molar-refractivity contribution in [2.45, 2.75) is 19.3 Å². The van der Waals surface area contributed by atoms with Gasteiger partial charge >= 0.3 is 0 Å². The predicted octanol–water partition coefficient (Wildman–Crippen LogP) is 3.84. The van der Waals surface area contributed by atoms with Crippen LogP contribution in [-0.4, -0.2) is 33.3 Å². The van der Waals surface area contributed by atoms with Gasteiger partial charge in [0.1, 0.15) is 6.45 Å². The molecule has 1 N–H and O–H groups in total. The highest BCUT2D eigenvalue weighted by Crippen LogP contribution is 2.39. The third kappa shape index (κ3) is 3.98. The molecule has 0 amide bonds. The normalized spacial score (nSPS) is 20.4. The molecule has 1 unspecified atom stereocenters. The number of benzene rings is 1. The maximum atomic E-state index is 5.60. The van der Waals surface area contributed by atoms with Gasteiger partial charge in [0.2, 0.25) is 0 Å². The molecule has 22 heavy (non-hydrogen) atoms. The standard InChI is InChI=1S/C16H24IN2O2P/c1-20-16-9-14(2-3-15(16)21-22-17)19-10-13(11-19)8-12-4-6-18-7-5-12/h2-3,9,12-13,18,22H,4-8,10-11H2,1H3. The van der Waals surface area contributed by atoms with Crippen molar-refractivity contribution in [1.29, 1.82) is 0 Å². The predicted molar refractivity (Wildman–Crippen MR) is 102 cm³/mol. The van der Waals surface area contributed by atoms with Gasteiger partial charge in [-0.15, -0.1) is 0 Å². The maximum Gasteiger partial charge on any atom is 0.166 e. The topological polar surface area (TPSA) is 33.7 Å². The molecular formula is C16H24IN2O2P. The van der Waals surface area contributed by atoms with Crippen molar-refractivity contribution in [2.75, 3.05) is 38.2 Å². The van der Waals surface area contributed by atoms with Gasteiger partial charge in [-0.25, -0.2) is 0 Å². The molecule has 0 saturated carbocycles. The quantitative estimate of drug-likeness (QED) is 0.545. The number of ether oxygens (including phenoxy) is 1. The Bertz CT molecular complexity index is 491. The van der Waals surface area contributed by atoms with Crippen molar-refractivity contribution >= 4 is 34.2 Å². The molecule has 2 aliphatic rings. The summed E-state index contributed by atoms with van der Waals surface area (Å²) in [5.41, 5.74) is 1.25. The zero-order chi connectivity index (χ0) is 15.4. The number of methoxy groups -OCH3 is 1. The Morgan fingerprint density at radius 2 is 2.00 bits per heavy atom. The molecule has 1 aromatic rings. The van der Waals surface area contributed by atoms with Gasteiger partial charge in [-0.2, -0.15) is 0 Å². The summed E-state index contributed by atoms with van der Waals surface area (Å²) >= 11 is 2.23. The van der Waals surface area contributed by atoms with Crippen molar-refractivity contribution in [3.05, 3.63) is 18.2 Å². The van der Waals surface area contributed by atoms with Crippen LogP contribution in [0.5, 0.6) is 11.5 Å². The molecule has 2 fully saturated rings. The molecule has 2 saturated heterocycles. The van der Waals surface area contributed by atoms with E-state index in [1.54, 1.807) is 7.11 Å². The van der Waals surface area contributed by atoms with Gasteiger partial charge in [0.25, 0.3) is 0 Å². The van der Waals surface area contributed by atoms with Crippen molar-refractivity contribution < 1.29 is 9.26 Å². The molecular weight excluding hydrogens is 410 g/mol. The highest BCUT2D eigenvalue weighted by atomic mass is 127. The molecule has 122 valence electrons. The summed E-state index contributed by atoms with van der Waals surface area (Å²) < 4.78 is 11.0. The van der Waals surface area contributed by atoms with Gasteiger partial charge in [-0.1, -0.05) is 0 Å². The van der Waals surface area contributed by atoms with Crippen LogP contribution in [0.3, 0.4) is 0 Å². The smallest absolute Gasteiger partial charge is 0.166 e. The lowest BCUT2D eigenvalue weighted by Gasteiger charge is -2.43. The molecule has 6 heteroatoms. The molecule has 0 radical (unpaired) electrons. The fraction of sp³-hybridized carbons (Fsp3) is 0.625. The first kappa shape index (κ1) is 16.6. The molecule has 1 aromatic carbocycles. The van der Waals surface area contributed by atoms with Crippen molar-refractivity contribution in [3.8, 4) is 11.5 Å². The highest BCUT2D eigenvalue weighted by molar-refractivity contribution is 14.2. The number of rotatable bonds is 6. The Hall–Kier alpha value is -0.260. The van der Waals surface area contributed by atoms with E-state index in [9.17, 15) is 0 Å². The fourth-order valence-electron chi connectivity index (χ4n) is 3.50. The van der Waals surface area contributed by atoms with E-state index < -0.39 is 0 Å². The van der Waals surface area contributed by atoms with Gasteiger partial charge in [-0.3, -0.25) is 0 Å². The average Bonchev–Trinajstić information content (AvgIpc) is 2.52. The van der Waals surface area contributed by atoms with Crippen LogP contribution in [-0.2, 0) is 0 Å². The Morgan fingerprint density at radius 1 is 1.23 bits per heavy atom. The Balaban J connectivity index is 1.53. The number of piperidine rings is 1. The second kappa shape index (κ2) is 8.02. The van der Waals surface area contributed by atoms with Gasteiger partial charge in [-0.05, 0) is 78.4 Å². The molecule has 0 spiro atoms. The number of nitrogens with one attached hydrogen (secondary N) is 1. The SMILES string of the molecule is COc1cc(N2CC(CC3CCNCC3)C2)ccc1OPI. The molecule has 4 nitrogen and oxygen atoms in total. The lowest BCUT2D eigenvalue weighted by molar-refractivity contribution is 0.267. The van der Waals surface area contributed by atoms with E-state index >= 15 is 0 Å². The van der Waals surface area contributed by atoms with Crippen molar-refractivity contribution in [1.82, 2.24) is 5.32 Å². The van der Waals surface area contributed by atoms with E-state index in [4.69, 9.17) is 9.26 Å². The molecule has 2 heterocycles. The average molecular weight is 434 g/mol. The molecule has 0 aliphatic carbocycles. The van der Waals surface area contributed by atoms with Crippen LogP contribution in [0.4, 0.5) is 5.69 Å². The number of halogens is 1. The van der Waals surface area contributed by atoms with E-state index in [0.717, 1.165) is 23.3 Å². The first-order valence-corrected chi connectivity index (χ1v) is 12.0. The summed E-state index contributed by atoms with van der Waals surface area (Å²) in [6.45, 7) is 5.18. The molecule has 0 aromatic heterocycles. The van der Waals surface area contributed by atoms with Gasteiger partial charge in [0, 0.05) is 24.8 Å². The summed E-state index contributed by atoms with van der Waals surface area (Å²) in [4.78, 5) is 2.45. The molecule has 0 bridgehead atoms. The zero-order valence-corrected chi connectivity index (χ0v) is 16.1.